The number of hydrogen-bond acceptors (Lipinski definition) is 4. The average molecular weight is 348 g/mol. The average Bonchev–Trinajstić information content (AvgIpc) is 2.65. The van der Waals surface area contributed by atoms with E-state index in [1.165, 1.54) is 0 Å². The number of carboxylic acid groups (broad SMARTS) is 1. The first-order chi connectivity index (χ1) is 12.6. The molecule has 0 aliphatic rings. The molecule has 0 atom stereocenters. The number of nitrogens with zero attached hydrogens (tertiary/aromatic N) is 1. The molecule has 0 saturated heterocycles. The molecular weight excluding hydrogens is 326 g/mol. The minimum Gasteiger partial charge on any atom is -0.545 e. The lowest BCUT2D eigenvalue weighted by Crippen LogP contribution is -2.22. The van der Waals surface area contributed by atoms with Gasteiger partial charge in [-0.3, -0.25) is 0 Å². The second-order valence-corrected chi connectivity index (χ2v) is 6.39. The molecule has 0 aliphatic heterocycles. The van der Waals surface area contributed by atoms with Crippen molar-refractivity contribution in [2.24, 2.45) is 0 Å². The Morgan fingerprint density at radius 3 is 2.58 bits per heavy atom. The number of aromatic carboxylic acids is 1. The second-order valence-electron chi connectivity index (χ2n) is 6.39. The molecule has 134 valence electrons. The first kappa shape index (κ1) is 17.9. The highest BCUT2D eigenvalue weighted by Gasteiger charge is 2.10. The Kier molecular flexibility index (Phi) is 5.52. The molecule has 0 bridgehead atoms. The van der Waals surface area contributed by atoms with Crippen molar-refractivity contribution >= 4 is 16.9 Å². The van der Waals surface area contributed by atoms with E-state index in [1.54, 1.807) is 12.1 Å². The molecule has 0 saturated carbocycles. The van der Waals surface area contributed by atoms with Gasteiger partial charge in [0, 0.05) is 16.5 Å². The highest BCUT2D eigenvalue weighted by Crippen LogP contribution is 2.27. The topological polar surface area (TPSA) is 62.2 Å². The molecule has 0 N–H and O–H groups in total. The zero-order valence-electron chi connectivity index (χ0n) is 15.1. The molecule has 4 nitrogen and oxygen atoms in total. The van der Waals surface area contributed by atoms with Crippen LogP contribution < -0.4 is 9.84 Å². The number of aromatic nitrogens is 1. The maximum atomic E-state index is 11.6. The Morgan fingerprint density at radius 1 is 1.12 bits per heavy atom. The number of rotatable bonds is 7. The highest BCUT2D eigenvalue weighted by molar-refractivity contribution is 6.03. The smallest absolute Gasteiger partial charge is 0.119 e. The molecule has 3 aromatic rings. The quantitative estimate of drug-likeness (QED) is 0.602. The molecule has 0 fully saturated rings. The van der Waals surface area contributed by atoms with E-state index >= 15 is 0 Å². The van der Waals surface area contributed by atoms with Crippen LogP contribution in [0.5, 0.6) is 5.75 Å². The lowest BCUT2D eigenvalue weighted by molar-refractivity contribution is -0.254. The predicted octanol–water partition coefficient (Wildman–Crippen LogP) is 4.14. The van der Waals surface area contributed by atoms with Gasteiger partial charge in [-0.05, 0) is 49.2 Å². The van der Waals surface area contributed by atoms with Crippen LogP contribution >= 0.6 is 0 Å². The summed E-state index contributed by atoms with van der Waals surface area (Å²) in [5, 5.41) is 12.2. The van der Waals surface area contributed by atoms with Crippen molar-refractivity contribution in [1.82, 2.24) is 4.98 Å². The fourth-order valence-electron chi connectivity index (χ4n) is 2.97. The van der Waals surface area contributed by atoms with Crippen molar-refractivity contribution in [3.63, 3.8) is 0 Å². The van der Waals surface area contributed by atoms with Crippen molar-refractivity contribution < 1.29 is 14.6 Å². The fourth-order valence-corrected chi connectivity index (χ4v) is 2.97. The number of hydrogen-bond donors (Lipinski definition) is 0. The van der Waals surface area contributed by atoms with Gasteiger partial charge in [0.1, 0.15) is 5.75 Å². The van der Waals surface area contributed by atoms with Crippen molar-refractivity contribution in [3.05, 3.63) is 59.7 Å². The monoisotopic (exact) mass is 348 g/mol. The van der Waals surface area contributed by atoms with Crippen molar-refractivity contribution in [2.45, 2.75) is 33.1 Å². The third-order valence-corrected chi connectivity index (χ3v) is 4.43. The molecule has 2 aromatic carbocycles. The summed E-state index contributed by atoms with van der Waals surface area (Å²) in [4.78, 5) is 16.2. The van der Waals surface area contributed by atoms with Gasteiger partial charge in [0.15, 0.2) is 0 Å². The molecule has 0 amide bonds. The van der Waals surface area contributed by atoms with Crippen molar-refractivity contribution in [2.75, 3.05) is 6.61 Å². The molecule has 0 unspecified atom stereocenters. The van der Waals surface area contributed by atoms with Crippen LogP contribution in [-0.4, -0.2) is 17.6 Å². The maximum Gasteiger partial charge on any atom is 0.119 e. The van der Waals surface area contributed by atoms with E-state index in [9.17, 15) is 9.90 Å². The van der Waals surface area contributed by atoms with Gasteiger partial charge in [-0.25, -0.2) is 4.98 Å². The Labute approximate surface area is 153 Å². The first-order valence-electron chi connectivity index (χ1n) is 8.95. The van der Waals surface area contributed by atoms with E-state index < -0.39 is 5.97 Å². The van der Waals surface area contributed by atoms with Crippen molar-refractivity contribution in [1.29, 1.82) is 0 Å². The lowest BCUT2D eigenvalue weighted by atomic mass is 10.0. The summed E-state index contributed by atoms with van der Waals surface area (Å²) in [5.41, 5.74) is 3.24. The third kappa shape index (κ3) is 3.85. The SMILES string of the molecule is CCCCCOc1ccc(-c2cc(C(=O)[O-])c3cccc(C)c3n2)cc1. The molecule has 0 radical (unpaired) electrons. The van der Waals surface area contributed by atoms with E-state index in [0.717, 1.165) is 36.1 Å². The summed E-state index contributed by atoms with van der Waals surface area (Å²) in [6, 6.07) is 14.7. The van der Waals surface area contributed by atoms with Gasteiger partial charge >= 0.3 is 0 Å². The van der Waals surface area contributed by atoms with E-state index in [-0.39, 0.29) is 5.56 Å². The Morgan fingerprint density at radius 2 is 1.88 bits per heavy atom. The Bertz CT molecular complexity index is 917. The summed E-state index contributed by atoms with van der Waals surface area (Å²) >= 11 is 0. The van der Waals surface area contributed by atoms with E-state index in [1.807, 2.05) is 43.3 Å². The van der Waals surface area contributed by atoms with Crippen LogP contribution in [0.15, 0.2) is 48.5 Å². The molecule has 0 spiro atoms. The first-order valence-corrected chi connectivity index (χ1v) is 8.95. The van der Waals surface area contributed by atoms with Crippen LogP contribution in [0.2, 0.25) is 0 Å². The maximum absolute atomic E-state index is 11.6. The van der Waals surface area contributed by atoms with Crippen molar-refractivity contribution in [3.8, 4) is 17.0 Å². The van der Waals surface area contributed by atoms with Gasteiger partial charge in [-0.15, -0.1) is 0 Å². The van der Waals surface area contributed by atoms with E-state index in [0.29, 0.717) is 23.2 Å². The summed E-state index contributed by atoms with van der Waals surface area (Å²) in [5.74, 6) is -0.387. The lowest BCUT2D eigenvalue weighted by Gasteiger charge is -2.12. The number of carbonyl (C=O) groups is 1. The Balaban J connectivity index is 1.92. The third-order valence-electron chi connectivity index (χ3n) is 4.43. The number of carboxylic acids is 1. The summed E-state index contributed by atoms with van der Waals surface area (Å²) in [7, 11) is 0. The number of benzene rings is 2. The minimum absolute atomic E-state index is 0.161. The number of fused-ring (bicyclic) bond motifs is 1. The van der Waals surface area contributed by atoms with E-state index in [4.69, 9.17) is 4.74 Å². The zero-order chi connectivity index (χ0) is 18.5. The van der Waals surface area contributed by atoms with Crippen LogP contribution in [0.25, 0.3) is 22.2 Å². The molecule has 3 rings (SSSR count). The number of aryl methyl sites for hydroxylation is 1. The second kappa shape index (κ2) is 8.00. The fraction of sp³-hybridized carbons (Fsp3) is 0.273. The van der Waals surface area contributed by atoms with Gasteiger partial charge < -0.3 is 14.6 Å². The molecule has 26 heavy (non-hydrogen) atoms. The predicted molar refractivity (Wildman–Crippen MR) is 101 cm³/mol. The van der Waals surface area contributed by atoms with Crippen LogP contribution in [0.1, 0.15) is 42.1 Å². The van der Waals surface area contributed by atoms with Gasteiger partial charge in [0.25, 0.3) is 0 Å². The van der Waals surface area contributed by atoms with Gasteiger partial charge in [-0.2, -0.15) is 0 Å². The van der Waals surface area contributed by atoms with Crippen LogP contribution in [0.4, 0.5) is 0 Å². The summed E-state index contributed by atoms with van der Waals surface area (Å²) < 4.78 is 5.73. The molecule has 0 aliphatic carbocycles. The molecule has 4 heteroatoms. The van der Waals surface area contributed by atoms with Crippen LogP contribution in [0.3, 0.4) is 0 Å². The number of ether oxygens (including phenoxy) is 1. The number of pyridine rings is 1. The number of unbranched alkanes of at least 4 members (excludes halogenated alkanes) is 2. The standard InChI is InChI=1S/C22H23NO3/c1-3-4-5-13-26-17-11-9-16(10-12-17)20-14-19(22(24)25)18-8-6-7-15(2)21(18)23-20/h6-12,14H,3-5,13H2,1-2H3,(H,24,25)/p-1. The van der Waals surface area contributed by atoms with Gasteiger partial charge in [0.05, 0.1) is 23.8 Å². The van der Waals surface area contributed by atoms with E-state index in [2.05, 4.69) is 11.9 Å². The number of para-hydroxylation sites is 1. The van der Waals surface area contributed by atoms with Crippen LogP contribution in [0, 0.1) is 6.92 Å². The molecular formula is C22H22NO3-. The minimum atomic E-state index is -1.19. The number of carbonyl (C=O) groups excluding carboxylic acids is 1. The summed E-state index contributed by atoms with van der Waals surface area (Å²) in [6.07, 6.45) is 3.36. The zero-order valence-corrected chi connectivity index (χ0v) is 15.1. The largest absolute Gasteiger partial charge is 0.545 e. The van der Waals surface area contributed by atoms with Gasteiger partial charge in [-0.1, -0.05) is 38.0 Å². The normalized spacial score (nSPS) is 10.8. The molecule has 1 heterocycles. The van der Waals surface area contributed by atoms with Gasteiger partial charge in [0.2, 0.25) is 0 Å². The molecule has 1 aromatic heterocycles. The highest BCUT2D eigenvalue weighted by atomic mass is 16.5. The van der Waals surface area contributed by atoms with Crippen LogP contribution in [-0.2, 0) is 0 Å². The Hall–Kier alpha value is -2.88. The summed E-state index contributed by atoms with van der Waals surface area (Å²) in [6.45, 7) is 4.79.